The number of benzene rings is 1. The van der Waals surface area contributed by atoms with Gasteiger partial charge in [0.25, 0.3) is 5.91 Å². The lowest BCUT2D eigenvalue weighted by molar-refractivity contribution is -0.117. The van der Waals surface area contributed by atoms with E-state index >= 15 is 0 Å². The van der Waals surface area contributed by atoms with Crippen molar-refractivity contribution in [3.8, 4) is 5.00 Å². The van der Waals surface area contributed by atoms with Gasteiger partial charge >= 0.3 is 0 Å². The molecule has 0 bridgehead atoms. The summed E-state index contributed by atoms with van der Waals surface area (Å²) in [6, 6.07) is 9.95. The maximum absolute atomic E-state index is 13.4. The molecule has 1 N–H and O–H groups in total. The Bertz CT molecular complexity index is 1110. The molecular weight excluding hydrogens is 420 g/mol. The molecule has 168 valence electrons. The van der Waals surface area contributed by atoms with Crippen molar-refractivity contribution in [1.29, 1.82) is 0 Å². The van der Waals surface area contributed by atoms with E-state index in [1.54, 1.807) is 11.3 Å². The van der Waals surface area contributed by atoms with Crippen molar-refractivity contribution in [2.45, 2.75) is 27.7 Å². The molecule has 1 saturated heterocycles. The first-order valence-corrected chi connectivity index (χ1v) is 11.8. The van der Waals surface area contributed by atoms with Gasteiger partial charge in [-0.25, -0.2) is 0 Å². The van der Waals surface area contributed by atoms with Crippen LogP contribution in [-0.4, -0.2) is 58.9 Å². The number of nitrogens with zero attached hydrogens (tertiary/aromatic N) is 3. The Balaban J connectivity index is 1.38. The van der Waals surface area contributed by atoms with Crippen molar-refractivity contribution in [2.24, 2.45) is 0 Å². The highest BCUT2D eigenvalue weighted by atomic mass is 32.1. The van der Waals surface area contributed by atoms with E-state index in [1.807, 2.05) is 73.0 Å². The average Bonchev–Trinajstić information content (AvgIpc) is 3.40. The molecule has 0 atom stereocenters. The first-order chi connectivity index (χ1) is 15.3. The zero-order valence-corrected chi connectivity index (χ0v) is 20.0. The fourth-order valence-corrected chi connectivity index (χ4v) is 5.29. The summed E-state index contributed by atoms with van der Waals surface area (Å²) in [5, 5.41) is 4.03. The van der Waals surface area contributed by atoms with Crippen molar-refractivity contribution in [2.75, 3.05) is 38.0 Å². The van der Waals surface area contributed by atoms with Gasteiger partial charge in [-0.1, -0.05) is 18.2 Å². The van der Waals surface area contributed by atoms with Crippen LogP contribution in [0.2, 0.25) is 0 Å². The maximum Gasteiger partial charge on any atom is 0.257 e. The molecule has 32 heavy (non-hydrogen) atoms. The Hall–Kier alpha value is -2.90. The molecule has 7 heteroatoms. The molecule has 4 rings (SSSR count). The predicted octanol–water partition coefficient (Wildman–Crippen LogP) is 4.17. The number of rotatable bonds is 5. The van der Waals surface area contributed by atoms with E-state index in [1.165, 1.54) is 4.88 Å². The average molecular weight is 451 g/mol. The van der Waals surface area contributed by atoms with Crippen molar-refractivity contribution >= 4 is 28.8 Å². The standard InChI is InChI=1S/C25H30N4O2S/c1-17-8-7-9-18(2)23(17)26-21(30)16-27-12-14-28(15-13-27)24(31)22-19(3)20(4)32-25(22)29-10-5-6-11-29/h5-11H,12-16H2,1-4H3,(H,26,30). The van der Waals surface area contributed by atoms with Gasteiger partial charge in [0.1, 0.15) is 5.00 Å². The second kappa shape index (κ2) is 9.30. The highest BCUT2D eigenvalue weighted by Crippen LogP contribution is 2.32. The highest BCUT2D eigenvalue weighted by Gasteiger charge is 2.28. The molecule has 2 amide bonds. The van der Waals surface area contributed by atoms with Crippen molar-refractivity contribution in [3.63, 3.8) is 0 Å². The first-order valence-electron chi connectivity index (χ1n) is 11.0. The molecule has 1 fully saturated rings. The lowest BCUT2D eigenvalue weighted by Gasteiger charge is -2.34. The Labute approximate surface area is 193 Å². The van der Waals surface area contributed by atoms with E-state index in [4.69, 9.17) is 0 Å². The van der Waals surface area contributed by atoms with Crippen LogP contribution in [0.25, 0.3) is 5.00 Å². The molecule has 1 aliphatic heterocycles. The van der Waals surface area contributed by atoms with Crippen molar-refractivity contribution < 1.29 is 9.59 Å². The Morgan fingerprint density at radius 1 is 0.938 bits per heavy atom. The number of para-hydroxylation sites is 1. The van der Waals surface area contributed by atoms with Gasteiger partial charge < -0.3 is 14.8 Å². The van der Waals surface area contributed by atoms with Crippen molar-refractivity contribution in [3.05, 3.63) is 69.9 Å². The minimum absolute atomic E-state index is 0.0126. The third kappa shape index (κ3) is 4.49. The van der Waals surface area contributed by atoms with Gasteiger partial charge in [-0.2, -0.15) is 0 Å². The molecule has 0 radical (unpaired) electrons. The number of carbonyl (C=O) groups excluding carboxylic acids is 2. The molecular formula is C25H30N4O2S. The third-order valence-electron chi connectivity index (χ3n) is 6.19. The second-order valence-electron chi connectivity index (χ2n) is 8.44. The zero-order chi connectivity index (χ0) is 22.8. The van der Waals surface area contributed by atoms with Crippen LogP contribution < -0.4 is 5.32 Å². The smallest absolute Gasteiger partial charge is 0.257 e. The van der Waals surface area contributed by atoms with Gasteiger partial charge in [-0.05, 0) is 56.5 Å². The molecule has 3 heterocycles. The van der Waals surface area contributed by atoms with Gasteiger partial charge in [0, 0.05) is 49.1 Å². The molecule has 1 aromatic carbocycles. The van der Waals surface area contributed by atoms with Gasteiger partial charge in [-0.15, -0.1) is 11.3 Å². The summed E-state index contributed by atoms with van der Waals surface area (Å²) < 4.78 is 2.02. The number of thiophene rings is 1. The molecule has 2 aromatic heterocycles. The minimum Gasteiger partial charge on any atom is -0.336 e. The SMILES string of the molecule is Cc1cccc(C)c1NC(=O)CN1CCN(C(=O)c2c(-n3cccc3)sc(C)c2C)CC1. The topological polar surface area (TPSA) is 57.6 Å². The summed E-state index contributed by atoms with van der Waals surface area (Å²) >= 11 is 1.66. The van der Waals surface area contributed by atoms with Gasteiger partial charge in [0.2, 0.25) is 5.91 Å². The van der Waals surface area contributed by atoms with Crippen LogP contribution in [0.5, 0.6) is 0 Å². The largest absolute Gasteiger partial charge is 0.336 e. The van der Waals surface area contributed by atoms with Gasteiger partial charge in [0.05, 0.1) is 12.1 Å². The number of aromatic nitrogens is 1. The number of aryl methyl sites for hydroxylation is 3. The summed E-state index contributed by atoms with van der Waals surface area (Å²) in [6.45, 7) is 11.0. The lowest BCUT2D eigenvalue weighted by atomic mass is 10.1. The second-order valence-corrected chi connectivity index (χ2v) is 9.64. The van der Waals surface area contributed by atoms with E-state index in [9.17, 15) is 9.59 Å². The minimum atomic E-state index is -0.0126. The number of anilines is 1. The summed E-state index contributed by atoms with van der Waals surface area (Å²) in [5.41, 5.74) is 4.87. The number of carbonyl (C=O) groups is 2. The zero-order valence-electron chi connectivity index (χ0n) is 19.1. The van der Waals surface area contributed by atoms with Crippen molar-refractivity contribution in [1.82, 2.24) is 14.4 Å². The highest BCUT2D eigenvalue weighted by molar-refractivity contribution is 7.15. The van der Waals surface area contributed by atoms with Crippen LogP contribution in [0.4, 0.5) is 5.69 Å². The fraction of sp³-hybridized carbons (Fsp3) is 0.360. The summed E-state index contributed by atoms with van der Waals surface area (Å²) in [5.74, 6) is 0.0663. The fourth-order valence-electron chi connectivity index (χ4n) is 4.17. The van der Waals surface area contributed by atoms with E-state index in [0.717, 1.165) is 32.9 Å². The van der Waals surface area contributed by atoms with Crippen LogP contribution in [0, 0.1) is 27.7 Å². The van der Waals surface area contributed by atoms with Gasteiger partial charge in [-0.3, -0.25) is 14.5 Å². The molecule has 3 aromatic rings. The lowest BCUT2D eigenvalue weighted by Crippen LogP contribution is -2.50. The normalized spacial score (nSPS) is 14.6. The van der Waals surface area contributed by atoms with E-state index in [-0.39, 0.29) is 11.8 Å². The number of nitrogens with one attached hydrogen (secondary N) is 1. The quantitative estimate of drug-likeness (QED) is 0.635. The number of piperazine rings is 1. The Morgan fingerprint density at radius 3 is 2.19 bits per heavy atom. The number of hydrogen-bond acceptors (Lipinski definition) is 4. The van der Waals surface area contributed by atoms with Gasteiger partial charge in [0.15, 0.2) is 0 Å². The molecule has 1 aliphatic rings. The van der Waals surface area contributed by atoms with E-state index in [0.29, 0.717) is 32.7 Å². The predicted molar refractivity (Wildman–Crippen MR) is 130 cm³/mol. The summed E-state index contributed by atoms with van der Waals surface area (Å²) in [4.78, 5) is 31.2. The molecule has 0 saturated carbocycles. The third-order valence-corrected chi connectivity index (χ3v) is 7.41. The number of amides is 2. The first kappa shape index (κ1) is 22.3. The molecule has 0 spiro atoms. The Kier molecular flexibility index (Phi) is 6.48. The molecule has 0 aliphatic carbocycles. The molecule has 6 nitrogen and oxygen atoms in total. The number of hydrogen-bond donors (Lipinski definition) is 1. The van der Waals surface area contributed by atoms with Crippen LogP contribution in [-0.2, 0) is 4.79 Å². The molecule has 0 unspecified atom stereocenters. The Morgan fingerprint density at radius 2 is 1.56 bits per heavy atom. The summed E-state index contributed by atoms with van der Waals surface area (Å²) in [7, 11) is 0. The van der Waals surface area contributed by atoms with Crippen LogP contribution >= 0.6 is 11.3 Å². The van der Waals surface area contributed by atoms with Crippen LogP contribution in [0.15, 0.2) is 42.7 Å². The maximum atomic E-state index is 13.4. The monoisotopic (exact) mass is 450 g/mol. The van der Waals surface area contributed by atoms with Crippen LogP contribution in [0.3, 0.4) is 0 Å². The summed E-state index contributed by atoms with van der Waals surface area (Å²) in [6.07, 6.45) is 3.96. The van der Waals surface area contributed by atoms with E-state index < -0.39 is 0 Å². The van der Waals surface area contributed by atoms with E-state index in [2.05, 4.69) is 17.1 Å². The van der Waals surface area contributed by atoms with Crippen LogP contribution in [0.1, 0.15) is 31.9 Å².